The van der Waals surface area contributed by atoms with Crippen molar-refractivity contribution in [2.45, 2.75) is 58.0 Å². The first-order chi connectivity index (χ1) is 17.4. The van der Waals surface area contributed by atoms with Gasteiger partial charge < -0.3 is 10.2 Å². The Kier molecular flexibility index (Phi) is 10.9. The molecule has 0 aliphatic heterocycles. The first-order valence-electron chi connectivity index (χ1n) is 12.4. The third-order valence-corrected chi connectivity index (χ3v) is 7.48. The van der Waals surface area contributed by atoms with Crippen molar-refractivity contribution < 1.29 is 9.59 Å². The maximum absolute atomic E-state index is 13.7. The maximum atomic E-state index is 13.7. The molecule has 0 fully saturated rings. The lowest BCUT2D eigenvalue weighted by molar-refractivity contribution is -0.139. The molecule has 0 aromatic heterocycles. The molecule has 0 saturated carbocycles. The number of hydrogen-bond acceptors (Lipinski definition) is 3. The molecule has 190 valence electrons. The zero-order chi connectivity index (χ0) is 25.9. The molecule has 3 aromatic rings. The number of rotatable bonds is 12. The first kappa shape index (κ1) is 27.8. The largest absolute Gasteiger partial charge is 0.352 e. The molecule has 4 nitrogen and oxygen atoms in total. The van der Waals surface area contributed by atoms with Gasteiger partial charge in [0, 0.05) is 29.8 Å². The van der Waals surface area contributed by atoms with Crippen LogP contribution in [0.25, 0.3) is 0 Å². The topological polar surface area (TPSA) is 49.4 Å². The minimum Gasteiger partial charge on any atom is -0.352 e. The number of hydrogen-bond donors (Lipinski definition) is 1. The molecule has 3 aromatic carbocycles. The Hall–Kier alpha value is -2.76. The van der Waals surface area contributed by atoms with Gasteiger partial charge in [0.15, 0.2) is 0 Å². The fourth-order valence-corrected chi connectivity index (χ4v) is 5.14. The Labute approximate surface area is 224 Å². The molecule has 36 heavy (non-hydrogen) atoms. The normalized spacial score (nSPS) is 12.6. The summed E-state index contributed by atoms with van der Waals surface area (Å²) in [6, 6.07) is 25.1. The molecule has 1 N–H and O–H groups in total. The highest BCUT2D eigenvalue weighted by Gasteiger charge is 2.30. The lowest BCUT2D eigenvalue weighted by atomic mass is 10.0. The van der Waals surface area contributed by atoms with Crippen LogP contribution in [0, 0.1) is 6.92 Å². The van der Waals surface area contributed by atoms with E-state index in [1.165, 1.54) is 11.8 Å². The molecule has 0 aliphatic carbocycles. The SMILES string of the molecule is CC[C@@H](C)NC(=O)[C@@H](Cc1ccccc1)N(Cc1cccc(C)c1)C(=O)CSCc1ccccc1Cl. The maximum Gasteiger partial charge on any atom is 0.243 e. The highest BCUT2D eigenvalue weighted by atomic mass is 35.5. The van der Waals surface area contributed by atoms with Crippen molar-refractivity contribution in [2.24, 2.45) is 0 Å². The fourth-order valence-electron chi connectivity index (χ4n) is 3.95. The zero-order valence-corrected chi connectivity index (χ0v) is 22.8. The van der Waals surface area contributed by atoms with Crippen LogP contribution in [0.15, 0.2) is 78.9 Å². The van der Waals surface area contributed by atoms with E-state index in [1.54, 1.807) is 4.90 Å². The predicted molar refractivity (Wildman–Crippen MR) is 151 cm³/mol. The van der Waals surface area contributed by atoms with Crippen molar-refractivity contribution in [3.63, 3.8) is 0 Å². The van der Waals surface area contributed by atoms with Gasteiger partial charge in [-0.3, -0.25) is 9.59 Å². The van der Waals surface area contributed by atoms with E-state index in [2.05, 4.69) is 11.4 Å². The van der Waals surface area contributed by atoms with Gasteiger partial charge in [-0.25, -0.2) is 0 Å². The van der Waals surface area contributed by atoms with Crippen LogP contribution in [0.2, 0.25) is 5.02 Å². The summed E-state index contributed by atoms with van der Waals surface area (Å²) >= 11 is 7.82. The van der Waals surface area contributed by atoms with Gasteiger partial charge in [0.25, 0.3) is 0 Å². The van der Waals surface area contributed by atoms with Gasteiger partial charge in [-0.15, -0.1) is 11.8 Å². The Balaban J connectivity index is 1.86. The van der Waals surface area contributed by atoms with Crippen molar-refractivity contribution in [1.82, 2.24) is 10.2 Å². The molecular weight excluding hydrogens is 488 g/mol. The molecule has 0 aliphatic rings. The van der Waals surface area contributed by atoms with Gasteiger partial charge in [-0.05, 0) is 43.0 Å². The molecule has 0 heterocycles. The first-order valence-corrected chi connectivity index (χ1v) is 13.9. The van der Waals surface area contributed by atoms with Crippen molar-refractivity contribution in [1.29, 1.82) is 0 Å². The van der Waals surface area contributed by atoms with Crippen molar-refractivity contribution in [3.8, 4) is 0 Å². The monoisotopic (exact) mass is 522 g/mol. The number of benzene rings is 3. The smallest absolute Gasteiger partial charge is 0.243 e. The van der Waals surface area contributed by atoms with E-state index < -0.39 is 6.04 Å². The molecule has 0 saturated heterocycles. The molecule has 0 bridgehead atoms. The fraction of sp³-hybridized carbons (Fsp3) is 0.333. The number of aryl methyl sites for hydroxylation is 1. The Morgan fingerprint density at radius 1 is 0.972 bits per heavy atom. The van der Waals surface area contributed by atoms with E-state index in [9.17, 15) is 9.59 Å². The van der Waals surface area contributed by atoms with E-state index in [0.717, 1.165) is 28.7 Å². The van der Waals surface area contributed by atoms with E-state index >= 15 is 0 Å². The van der Waals surface area contributed by atoms with Crippen LogP contribution in [0.4, 0.5) is 0 Å². The van der Waals surface area contributed by atoms with Gasteiger partial charge in [-0.2, -0.15) is 0 Å². The molecule has 0 unspecified atom stereocenters. The highest BCUT2D eigenvalue weighted by molar-refractivity contribution is 7.99. The Morgan fingerprint density at radius 2 is 1.67 bits per heavy atom. The molecular formula is C30H35ClN2O2S. The lowest BCUT2D eigenvalue weighted by Gasteiger charge is -2.32. The number of carbonyl (C=O) groups excluding carboxylic acids is 2. The summed E-state index contributed by atoms with van der Waals surface area (Å²) in [6.45, 7) is 6.44. The minimum absolute atomic E-state index is 0.0290. The van der Waals surface area contributed by atoms with Crippen molar-refractivity contribution >= 4 is 35.2 Å². The van der Waals surface area contributed by atoms with Crippen LogP contribution in [0.5, 0.6) is 0 Å². The van der Waals surface area contributed by atoms with Crippen molar-refractivity contribution in [3.05, 3.63) is 106 Å². The summed E-state index contributed by atoms with van der Waals surface area (Å²) < 4.78 is 0. The average molecular weight is 523 g/mol. The summed E-state index contributed by atoms with van der Waals surface area (Å²) in [5, 5.41) is 3.81. The van der Waals surface area contributed by atoms with Crippen LogP contribution in [-0.4, -0.2) is 34.6 Å². The number of nitrogens with zero attached hydrogens (tertiary/aromatic N) is 1. The zero-order valence-electron chi connectivity index (χ0n) is 21.2. The average Bonchev–Trinajstić information content (AvgIpc) is 2.87. The molecule has 2 atom stereocenters. The van der Waals surface area contributed by atoms with Gasteiger partial charge in [0.2, 0.25) is 11.8 Å². The van der Waals surface area contributed by atoms with E-state index in [0.29, 0.717) is 23.7 Å². The molecule has 6 heteroatoms. The second kappa shape index (κ2) is 14.1. The quantitative estimate of drug-likeness (QED) is 0.298. The number of carbonyl (C=O) groups is 2. The van der Waals surface area contributed by atoms with E-state index in [1.807, 2.05) is 93.6 Å². The van der Waals surface area contributed by atoms with Crippen LogP contribution in [0.1, 0.15) is 42.5 Å². The summed E-state index contributed by atoms with van der Waals surface area (Å²) in [7, 11) is 0. The third kappa shape index (κ3) is 8.42. The third-order valence-electron chi connectivity index (χ3n) is 6.15. The van der Waals surface area contributed by atoms with E-state index in [-0.39, 0.29) is 23.6 Å². The Morgan fingerprint density at radius 3 is 2.36 bits per heavy atom. The van der Waals surface area contributed by atoms with Gasteiger partial charge >= 0.3 is 0 Å². The second-order valence-electron chi connectivity index (χ2n) is 9.12. The summed E-state index contributed by atoms with van der Waals surface area (Å²) in [5.74, 6) is 0.713. The van der Waals surface area contributed by atoms with Gasteiger partial charge in [0.05, 0.1) is 5.75 Å². The molecule has 2 amide bonds. The summed E-state index contributed by atoms with van der Waals surface area (Å²) in [4.78, 5) is 29.0. The van der Waals surface area contributed by atoms with Gasteiger partial charge in [0.1, 0.15) is 6.04 Å². The number of thioether (sulfide) groups is 1. The summed E-state index contributed by atoms with van der Waals surface area (Å²) in [6.07, 6.45) is 1.28. The molecule has 3 rings (SSSR count). The predicted octanol–water partition coefficient (Wildman–Crippen LogP) is 6.44. The second-order valence-corrected chi connectivity index (χ2v) is 10.5. The van der Waals surface area contributed by atoms with Crippen LogP contribution < -0.4 is 5.32 Å². The Bertz CT molecular complexity index is 1140. The number of nitrogens with one attached hydrogen (secondary N) is 1. The minimum atomic E-state index is -0.615. The number of amides is 2. The van der Waals surface area contributed by atoms with Crippen LogP contribution in [-0.2, 0) is 28.3 Å². The number of halogens is 1. The van der Waals surface area contributed by atoms with Gasteiger partial charge in [-0.1, -0.05) is 96.9 Å². The highest BCUT2D eigenvalue weighted by Crippen LogP contribution is 2.22. The summed E-state index contributed by atoms with van der Waals surface area (Å²) in [5.41, 5.74) is 4.15. The van der Waals surface area contributed by atoms with Crippen molar-refractivity contribution in [2.75, 3.05) is 5.75 Å². The molecule has 0 spiro atoms. The van der Waals surface area contributed by atoms with Crippen LogP contribution >= 0.6 is 23.4 Å². The van der Waals surface area contributed by atoms with Crippen LogP contribution in [0.3, 0.4) is 0 Å². The molecule has 0 radical (unpaired) electrons. The lowest BCUT2D eigenvalue weighted by Crippen LogP contribution is -2.52. The van der Waals surface area contributed by atoms with E-state index in [4.69, 9.17) is 11.6 Å². The standard InChI is InChI=1S/C30H35ClN2O2S/c1-4-23(3)32-30(35)28(18-24-12-6-5-7-13-24)33(19-25-14-10-11-22(2)17-25)29(34)21-36-20-26-15-8-9-16-27(26)31/h5-17,23,28H,4,18-21H2,1-3H3,(H,32,35)/t23-,28-/m1/s1.